The van der Waals surface area contributed by atoms with Crippen LogP contribution in [-0.4, -0.2) is 19.8 Å². The minimum Gasteiger partial charge on any atom is -0.494 e. The number of hydrogen-bond acceptors (Lipinski definition) is 3. The van der Waals surface area contributed by atoms with Gasteiger partial charge >= 0.3 is 0 Å². The highest BCUT2D eigenvalue weighted by Crippen LogP contribution is 2.27. The first kappa shape index (κ1) is 22.3. The van der Waals surface area contributed by atoms with Crippen molar-refractivity contribution in [1.82, 2.24) is 0 Å². The lowest BCUT2D eigenvalue weighted by Gasteiger charge is -2.10. The highest BCUT2D eigenvalue weighted by molar-refractivity contribution is 6.35. The van der Waals surface area contributed by atoms with Gasteiger partial charge in [0.1, 0.15) is 11.5 Å². The molecule has 0 heterocycles. The number of unbranched alkanes of at least 4 members (excludes halogenated alkanes) is 1. The predicted octanol–water partition coefficient (Wildman–Crippen LogP) is 7.28. The Labute approximate surface area is 188 Å². The van der Waals surface area contributed by atoms with Crippen molar-refractivity contribution in [2.75, 3.05) is 25.1 Å². The third-order valence-electron chi connectivity index (χ3n) is 4.63. The van der Waals surface area contributed by atoms with E-state index in [0.29, 0.717) is 22.4 Å². The van der Waals surface area contributed by atoms with Gasteiger partial charge in [-0.15, -0.1) is 0 Å². The van der Waals surface area contributed by atoms with Crippen LogP contribution in [0.2, 0.25) is 10.0 Å². The predicted molar refractivity (Wildman–Crippen MR) is 126 cm³/mol. The van der Waals surface area contributed by atoms with Gasteiger partial charge in [0.25, 0.3) is 0 Å². The van der Waals surface area contributed by atoms with Crippen molar-refractivity contribution < 1.29 is 9.47 Å². The van der Waals surface area contributed by atoms with Gasteiger partial charge < -0.3 is 14.8 Å². The molecule has 0 fully saturated rings. The average Bonchev–Trinajstić information content (AvgIpc) is 2.76. The Balaban J connectivity index is 1.26. The van der Waals surface area contributed by atoms with Crippen LogP contribution in [-0.2, 0) is 6.42 Å². The van der Waals surface area contributed by atoms with Crippen LogP contribution in [0.3, 0.4) is 0 Å². The Morgan fingerprint density at radius 2 is 1.50 bits per heavy atom. The van der Waals surface area contributed by atoms with E-state index in [2.05, 4.69) is 41.7 Å². The van der Waals surface area contributed by atoms with Crippen molar-refractivity contribution in [3.05, 3.63) is 88.4 Å². The van der Waals surface area contributed by atoms with Crippen molar-refractivity contribution in [2.24, 2.45) is 0 Å². The summed E-state index contributed by atoms with van der Waals surface area (Å²) in [6.07, 6.45) is 3.99. The Hall–Kier alpha value is -2.36. The summed E-state index contributed by atoms with van der Waals surface area (Å²) in [6.45, 7) is 2.23. The maximum atomic E-state index is 6.10. The Morgan fingerprint density at radius 3 is 2.27 bits per heavy atom. The molecule has 0 aromatic heterocycles. The van der Waals surface area contributed by atoms with Crippen LogP contribution < -0.4 is 14.8 Å². The van der Waals surface area contributed by atoms with Crippen molar-refractivity contribution in [3.63, 3.8) is 0 Å². The van der Waals surface area contributed by atoms with E-state index in [1.807, 2.05) is 18.2 Å². The summed E-state index contributed by atoms with van der Waals surface area (Å²) < 4.78 is 11.5. The number of halogens is 2. The lowest BCUT2D eigenvalue weighted by atomic mass is 10.1. The molecule has 3 nitrogen and oxygen atoms in total. The zero-order chi connectivity index (χ0) is 21.0. The number of anilines is 1. The van der Waals surface area contributed by atoms with E-state index in [4.69, 9.17) is 32.7 Å². The maximum absolute atomic E-state index is 6.10. The van der Waals surface area contributed by atoms with Crippen molar-refractivity contribution in [2.45, 2.75) is 25.7 Å². The molecule has 3 aromatic rings. The van der Waals surface area contributed by atoms with Gasteiger partial charge in [0.05, 0.1) is 18.2 Å². The van der Waals surface area contributed by atoms with Crippen LogP contribution in [0, 0.1) is 0 Å². The number of nitrogens with one attached hydrogen (secondary N) is 1. The van der Waals surface area contributed by atoms with E-state index in [-0.39, 0.29) is 0 Å². The largest absolute Gasteiger partial charge is 0.494 e. The first-order valence-electron chi connectivity index (χ1n) is 10.3. The summed E-state index contributed by atoms with van der Waals surface area (Å²) in [6, 6.07) is 23.9. The molecule has 3 aromatic carbocycles. The van der Waals surface area contributed by atoms with Crippen LogP contribution in [0.15, 0.2) is 72.8 Å². The number of aryl methyl sites for hydroxylation is 1. The monoisotopic (exact) mass is 443 g/mol. The van der Waals surface area contributed by atoms with Crippen LogP contribution in [0.5, 0.6) is 11.5 Å². The van der Waals surface area contributed by atoms with E-state index in [1.54, 1.807) is 18.2 Å². The molecule has 0 atom stereocenters. The second kappa shape index (κ2) is 12.4. The van der Waals surface area contributed by atoms with Crippen molar-refractivity contribution >= 4 is 28.9 Å². The molecule has 0 aliphatic rings. The molecule has 158 valence electrons. The molecule has 0 unspecified atom stereocenters. The summed E-state index contributed by atoms with van der Waals surface area (Å²) in [5, 5.41) is 4.58. The van der Waals surface area contributed by atoms with Gasteiger partial charge in [-0.1, -0.05) is 53.5 Å². The Bertz CT molecular complexity index is 885. The topological polar surface area (TPSA) is 30.5 Å². The molecule has 0 bridgehead atoms. The summed E-state index contributed by atoms with van der Waals surface area (Å²) in [4.78, 5) is 0. The van der Waals surface area contributed by atoms with E-state index in [0.717, 1.165) is 50.3 Å². The molecule has 30 heavy (non-hydrogen) atoms. The molecular weight excluding hydrogens is 417 g/mol. The fourth-order valence-electron chi connectivity index (χ4n) is 3.01. The van der Waals surface area contributed by atoms with Crippen LogP contribution in [0.1, 0.15) is 24.8 Å². The molecule has 0 saturated carbocycles. The fourth-order valence-corrected chi connectivity index (χ4v) is 3.48. The lowest BCUT2D eigenvalue weighted by molar-refractivity contribution is 0.308. The van der Waals surface area contributed by atoms with Gasteiger partial charge in [0.2, 0.25) is 0 Å². The van der Waals surface area contributed by atoms with Crippen molar-refractivity contribution in [3.8, 4) is 11.5 Å². The highest BCUT2D eigenvalue weighted by atomic mass is 35.5. The minimum absolute atomic E-state index is 0.544. The van der Waals surface area contributed by atoms with E-state index >= 15 is 0 Å². The minimum atomic E-state index is 0.544. The van der Waals surface area contributed by atoms with E-state index in [1.165, 1.54) is 5.56 Å². The molecule has 0 radical (unpaired) electrons. The smallest absolute Gasteiger partial charge is 0.137 e. The van der Waals surface area contributed by atoms with Gasteiger partial charge in [-0.05, 0) is 73.7 Å². The molecule has 0 saturated heterocycles. The summed E-state index contributed by atoms with van der Waals surface area (Å²) >= 11 is 12.0. The lowest BCUT2D eigenvalue weighted by Crippen LogP contribution is -2.05. The normalized spacial score (nSPS) is 10.6. The van der Waals surface area contributed by atoms with E-state index < -0.39 is 0 Å². The number of benzene rings is 3. The van der Waals surface area contributed by atoms with Gasteiger partial charge in [-0.25, -0.2) is 0 Å². The molecule has 0 spiro atoms. The van der Waals surface area contributed by atoms with Crippen LogP contribution >= 0.6 is 23.2 Å². The number of ether oxygens (including phenoxy) is 2. The number of rotatable bonds is 12. The summed E-state index contributed by atoms with van der Waals surface area (Å²) in [5.74, 6) is 1.58. The van der Waals surface area contributed by atoms with E-state index in [9.17, 15) is 0 Å². The average molecular weight is 444 g/mol. The molecular formula is C25H27Cl2NO2. The zero-order valence-electron chi connectivity index (χ0n) is 17.0. The van der Waals surface area contributed by atoms with Gasteiger partial charge in [-0.3, -0.25) is 0 Å². The summed E-state index contributed by atoms with van der Waals surface area (Å²) in [7, 11) is 0. The zero-order valence-corrected chi connectivity index (χ0v) is 18.5. The van der Waals surface area contributed by atoms with Crippen LogP contribution in [0.25, 0.3) is 0 Å². The fraction of sp³-hybridized carbons (Fsp3) is 0.280. The third-order valence-corrected chi connectivity index (χ3v) is 5.16. The molecule has 0 amide bonds. The molecule has 0 aliphatic heterocycles. The Kier molecular flexibility index (Phi) is 9.20. The van der Waals surface area contributed by atoms with Gasteiger partial charge in [-0.2, -0.15) is 0 Å². The second-order valence-electron chi connectivity index (χ2n) is 7.02. The standard InChI is InChI=1S/C25H27Cl2NO2/c26-21-10-15-25(24(27)19-21)30-17-5-4-16-28-22-11-13-23(14-12-22)29-18-6-9-20-7-2-1-3-8-20/h1-3,7-8,10-15,19,28H,4-6,9,16-18H2. The van der Waals surface area contributed by atoms with Crippen molar-refractivity contribution in [1.29, 1.82) is 0 Å². The highest BCUT2D eigenvalue weighted by Gasteiger charge is 2.02. The first-order chi connectivity index (χ1) is 14.7. The third kappa shape index (κ3) is 7.81. The Morgan fingerprint density at radius 1 is 0.733 bits per heavy atom. The molecule has 3 rings (SSSR count). The second-order valence-corrected chi connectivity index (χ2v) is 7.86. The first-order valence-corrected chi connectivity index (χ1v) is 11.0. The number of hydrogen-bond donors (Lipinski definition) is 1. The SMILES string of the molecule is Clc1ccc(OCCCCNc2ccc(OCCCc3ccccc3)cc2)c(Cl)c1. The summed E-state index contributed by atoms with van der Waals surface area (Å²) in [5.41, 5.74) is 2.44. The molecule has 0 aliphatic carbocycles. The van der Waals surface area contributed by atoms with Gasteiger partial charge in [0.15, 0.2) is 0 Å². The maximum Gasteiger partial charge on any atom is 0.137 e. The van der Waals surface area contributed by atoms with Crippen LogP contribution in [0.4, 0.5) is 5.69 Å². The quantitative estimate of drug-likeness (QED) is 0.298. The molecule has 1 N–H and O–H groups in total. The van der Waals surface area contributed by atoms with Gasteiger partial charge in [0, 0.05) is 17.3 Å². The molecule has 5 heteroatoms.